The van der Waals surface area contributed by atoms with Crippen molar-refractivity contribution in [3.8, 4) is 0 Å². The SMILES string of the molecule is COC(CO[C@@H]1O[C@H](COC(C)C)[C@@H](OC)[C@H](OC)[C@@H]1OCc1ccccc1)OC. The van der Waals surface area contributed by atoms with E-state index in [-0.39, 0.29) is 24.9 Å². The lowest BCUT2D eigenvalue weighted by molar-refractivity contribution is -0.329. The highest BCUT2D eigenvalue weighted by atomic mass is 16.7. The van der Waals surface area contributed by atoms with Crippen LogP contribution in [0.5, 0.6) is 0 Å². The first kappa shape index (κ1) is 25.2. The molecule has 1 aliphatic rings. The average Bonchev–Trinajstić information content (AvgIpc) is 2.77. The standard InChI is InChI=1S/C22H36O8/c1-15(2)27-13-17-19(25-5)20(26-6)21(28-12-16-10-8-7-9-11-16)22(30-17)29-14-18(23-3)24-4/h7-11,15,17-22H,12-14H2,1-6H3/t17-,19-,20+,21+,22-/m1/s1. The summed E-state index contributed by atoms with van der Waals surface area (Å²) >= 11 is 0. The van der Waals surface area contributed by atoms with E-state index in [2.05, 4.69) is 0 Å². The van der Waals surface area contributed by atoms with Crippen LogP contribution in [0.25, 0.3) is 0 Å². The first-order valence-electron chi connectivity index (χ1n) is 10.2. The van der Waals surface area contributed by atoms with Gasteiger partial charge in [0.2, 0.25) is 0 Å². The molecule has 0 aliphatic carbocycles. The molecule has 5 atom stereocenters. The van der Waals surface area contributed by atoms with Gasteiger partial charge in [0.15, 0.2) is 12.6 Å². The predicted molar refractivity (Wildman–Crippen MR) is 110 cm³/mol. The molecule has 1 aliphatic heterocycles. The van der Waals surface area contributed by atoms with Crippen LogP contribution in [-0.4, -0.2) is 84.8 Å². The van der Waals surface area contributed by atoms with E-state index >= 15 is 0 Å². The molecule has 0 saturated carbocycles. The first-order valence-corrected chi connectivity index (χ1v) is 10.2. The first-order chi connectivity index (χ1) is 14.5. The van der Waals surface area contributed by atoms with Gasteiger partial charge in [0.1, 0.15) is 31.0 Å². The van der Waals surface area contributed by atoms with Gasteiger partial charge in [0.25, 0.3) is 0 Å². The fourth-order valence-corrected chi connectivity index (χ4v) is 3.34. The van der Waals surface area contributed by atoms with Gasteiger partial charge in [-0.3, -0.25) is 0 Å². The van der Waals surface area contributed by atoms with E-state index in [1.807, 2.05) is 44.2 Å². The summed E-state index contributed by atoms with van der Waals surface area (Å²) in [5, 5.41) is 0. The van der Waals surface area contributed by atoms with E-state index in [4.69, 9.17) is 37.9 Å². The van der Waals surface area contributed by atoms with Crippen LogP contribution in [0.15, 0.2) is 30.3 Å². The highest BCUT2D eigenvalue weighted by Gasteiger charge is 2.48. The van der Waals surface area contributed by atoms with Crippen molar-refractivity contribution in [3.63, 3.8) is 0 Å². The van der Waals surface area contributed by atoms with Crippen LogP contribution in [0.2, 0.25) is 0 Å². The Kier molecular flexibility index (Phi) is 11.2. The van der Waals surface area contributed by atoms with Crippen molar-refractivity contribution in [3.05, 3.63) is 35.9 Å². The molecule has 0 N–H and O–H groups in total. The molecule has 2 rings (SSSR count). The molecular weight excluding hydrogens is 392 g/mol. The molecule has 1 fully saturated rings. The Morgan fingerprint density at radius 3 is 2.10 bits per heavy atom. The zero-order valence-electron chi connectivity index (χ0n) is 18.8. The Balaban J connectivity index is 2.17. The van der Waals surface area contributed by atoms with Crippen molar-refractivity contribution in [1.29, 1.82) is 0 Å². The highest BCUT2D eigenvalue weighted by molar-refractivity contribution is 5.13. The maximum Gasteiger partial charge on any atom is 0.187 e. The van der Waals surface area contributed by atoms with Crippen molar-refractivity contribution >= 4 is 0 Å². The molecule has 0 aromatic heterocycles. The summed E-state index contributed by atoms with van der Waals surface area (Å²) < 4.78 is 46.2. The van der Waals surface area contributed by atoms with Crippen molar-refractivity contribution in [2.24, 2.45) is 0 Å². The summed E-state index contributed by atoms with van der Waals surface area (Å²) in [4.78, 5) is 0. The van der Waals surface area contributed by atoms with Gasteiger partial charge in [0.05, 0.1) is 19.3 Å². The summed E-state index contributed by atoms with van der Waals surface area (Å²) in [6, 6.07) is 9.90. The van der Waals surface area contributed by atoms with Crippen molar-refractivity contribution in [2.45, 2.75) is 63.6 Å². The lowest BCUT2D eigenvalue weighted by atomic mass is 9.98. The fourth-order valence-electron chi connectivity index (χ4n) is 3.34. The van der Waals surface area contributed by atoms with E-state index in [9.17, 15) is 0 Å². The minimum atomic E-state index is -0.710. The third-order valence-electron chi connectivity index (χ3n) is 4.94. The quantitative estimate of drug-likeness (QED) is 0.444. The highest BCUT2D eigenvalue weighted by Crippen LogP contribution is 2.29. The lowest BCUT2D eigenvalue weighted by Crippen LogP contribution is -2.61. The summed E-state index contributed by atoms with van der Waals surface area (Å²) in [5.41, 5.74) is 1.04. The van der Waals surface area contributed by atoms with Gasteiger partial charge < -0.3 is 37.9 Å². The number of rotatable bonds is 13. The van der Waals surface area contributed by atoms with Gasteiger partial charge in [-0.05, 0) is 19.4 Å². The molecule has 1 aromatic rings. The maximum absolute atomic E-state index is 6.22. The maximum atomic E-state index is 6.22. The molecular formula is C22H36O8. The van der Waals surface area contributed by atoms with Gasteiger partial charge in [0, 0.05) is 28.4 Å². The monoisotopic (exact) mass is 428 g/mol. The average molecular weight is 429 g/mol. The third kappa shape index (κ3) is 7.25. The zero-order valence-corrected chi connectivity index (χ0v) is 18.8. The van der Waals surface area contributed by atoms with Crippen LogP contribution < -0.4 is 0 Å². The Morgan fingerprint density at radius 2 is 1.53 bits per heavy atom. The number of hydrogen-bond acceptors (Lipinski definition) is 8. The summed E-state index contributed by atoms with van der Waals surface area (Å²) in [6.45, 7) is 4.85. The van der Waals surface area contributed by atoms with Crippen LogP contribution in [0.1, 0.15) is 19.4 Å². The molecule has 1 heterocycles. The Morgan fingerprint density at radius 1 is 0.867 bits per heavy atom. The molecule has 1 saturated heterocycles. The number of hydrogen-bond donors (Lipinski definition) is 0. The Labute approximate surface area is 179 Å². The van der Waals surface area contributed by atoms with Gasteiger partial charge in [-0.25, -0.2) is 0 Å². The Hall–Kier alpha value is -1.10. The van der Waals surface area contributed by atoms with E-state index in [1.165, 1.54) is 0 Å². The summed E-state index contributed by atoms with van der Waals surface area (Å²) in [6.07, 6.45) is -2.87. The number of benzene rings is 1. The van der Waals surface area contributed by atoms with Gasteiger partial charge in [-0.1, -0.05) is 30.3 Å². The van der Waals surface area contributed by atoms with Gasteiger partial charge >= 0.3 is 0 Å². The predicted octanol–water partition coefficient (Wildman–Crippen LogP) is 2.39. The minimum Gasteiger partial charge on any atom is -0.376 e. The van der Waals surface area contributed by atoms with Crippen molar-refractivity contribution < 1.29 is 37.9 Å². The number of ether oxygens (including phenoxy) is 8. The molecule has 172 valence electrons. The molecule has 0 unspecified atom stereocenters. The van der Waals surface area contributed by atoms with E-state index in [1.54, 1.807) is 28.4 Å². The molecule has 0 amide bonds. The Bertz CT molecular complexity index is 566. The van der Waals surface area contributed by atoms with Gasteiger partial charge in [-0.15, -0.1) is 0 Å². The molecule has 0 spiro atoms. The number of methoxy groups -OCH3 is 4. The molecule has 30 heavy (non-hydrogen) atoms. The van der Waals surface area contributed by atoms with Crippen LogP contribution in [0.3, 0.4) is 0 Å². The molecule has 0 bridgehead atoms. The van der Waals surface area contributed by atoms with Crippen LogP contribution in [0.4, 0.5) is 0 Å². The second kappa shape index (κ2) is 13.3. The topological polar surface area (TPSA) is 73.8 Å². The third-order valence-corrected chi connectivity index (χ3v) is 4.94. The minimum absolute atomic E-state index is 0.0601. The lowest BCUT2D eigenvalue weighted by Gasteiger charge is -2.45. The van der Waals surface area contributed by atoms with E-state index in [0.29, 0.717) is 13.2 Å². The summed E-state index contributed by atoms with van der Waals surface area (Å²) in [7, 11) is 6.37. The van der Waals surface area contributed by atoms with Crippen molar-refractivity contribution in [2.75, 3.05) is 41.7 Å². The molecule has 8 heteroatoms. The molecule has 1 aromatic carbocycles. The largest absolute Gasteiger partial charge is 0.376 e. The van der Waals surface area contributed by atoms with Crippen molar-refractivity contribution in [1.82, 2.24) is 0 Å². The zero-order chi connectivity index (χ0) is 21.9. The summed E-state index contributed by atoms with van der Waals surface area (Å²) in [5.74, 6) is 0. The van der Waals surface area contributed by atoms with Crippen LogP contribution >= 0.6 is 0 Å². The molecule has 8 nitrogen and oxygen atoms in total. The van der Waals surface area contributed by atoms with Gasteiger partial charge in [-0.2, -0.15) is 0 Å². The normalized spacial score (nSPS) is 27.1. The van der Waals surface area contributed by atoms with E-state index in [0.717, 1.165) is 5.56 Å². The fraction of sp³-hybridized carbons (Fsp3) is 0.727. The second-order valence-electron chi connectivity index (χ2n) is 7.32. The van der Waals surface area contributed by atoms with Crippen LogP contribution in [0, 0.1) is 0 Å². The second-order valence-corrected chi connectivity index (χ2v) is 7.32. The van der Waals surface area contributed by atoms with Crippen LogP contribution in [-0.2, 0) is 44.5 Å². The van der Waals surface area contributed by atoms with E-state index < -0.39 is 24.8 Å². The molecule has 0 radical (unpaired) electrons. The smallest absolute Gasteiger partial charge is 0.187 e.